The lowest BCUT2D eigenvalue weighted by Crippen LogP contribution is -2.34. The van der Waals surface area contributed by atoms with Gasteiger partial charge in [0.15, 0.2) is 11.6 Å². The summed E-state index contributed by atoms with van der Waals surface area (Å²) in [5.41, 5.74) is 0.986. The van der Waals surface area contributed by atoms with Crippen molar-refractivity contribution in [3.63, 3.8) is 0 Å². The first kappa shape index (κ1) is 18.3. The van der Waals surface area contributed by atoms with Crippen LogP contribution in [0.2, 0.25) is 0 Å². The Kier molecular flexibility index (Phi) is 6.33. The number of rotatable bonds is 6. The van der Waals surface area contributed by atoms with Crippen molar-refractivity contribution in [2.24, 2.45) is 0 Å². The minimum Gasteiger partial charge on any atom is -0.497 e. The van der Waals surface area contributed by atoms with Crippen LogP contribution in [0, 0.1) is 5.82 Å². The third-order valence-corrected chi connectivity index (χ3v) is 3.30. The van der Waals surface area contributed by atoms with E-state index in [4.69, 9.17) is 9.47 Å². The zero-order valence-corrected chi connectivity index (χ0v) is 14.0. The molecule has 0 aromatic heterocycles. The first-order chi connectivity index (χ1) is 12.0. The molecule has 0 saturated carbocycles. The predicted octanol–water partition coefficient (Wildman–Crippen LogP) is 2.49. The van der Waals surface area contributed by atoms with E-state index in [9.17, 15) is 14.0 Å². The van der Waals surface area contributed by atoms with Crippen molar-refractivity contribution in [3.05, 3.63) is 53.8 Å². The van der Waals surface area contributed by atoms with Gasteiger partial charge in [-0.15, -0.1) is 0 Å². The summed E-state index contributed by atoms with van der Waals surface area (Å²) in [5.74, 6) is -1.35. The Balaban J connectivity index is 1.88. The van der Waals surface area contributed by atoms with Crippen LogP contribution in [-0.4, -0.2) is 25.5 Å². The summed E-state index contributed by atoms with van der Waals surface area (Å²) in [4.78, 5) is 23.7. The average molecular weight is 346 g/mol. The van der Waals surface area contributed by atoms with Crippen LogP contribution in [0.25, 0.3) is 0 Å². The largest absolute Gasteiger partial charge is 0.497 e. The molecule has 0 atom stereocenters. The molecule has 0 aliphatic rings. The van der Waals surface area contributed by atoms with Crippen LogP contribution in [0.3, 0.4) is 0 Å². The van der Waals surface area contributed by atoms with E-state index in [2.05, 4.69) is 10.6 Å². The Morgan fingerprint density at radius 2 is 1.80 bits per heavy atom. The smallest absolute Gasteiger partial charge is 0.313 e. The fourth-order valence-electron chi connectivity index (χ4n) is 2.05. The third-order valence-electron chi connectivity index (χ3n) is 3.30. The Morgan fingerprint density at radius 1 is 1.08 bits per heavy atom. The zero-order valence-electron chi connectivity index (χ0n) is 14.0. The zero-order chi connectivity index (χ0) is 18.2. The molecule has 2 aromatic carbocycles. The average Bonchev–Trinajstić information content (AvgIpc) is 2.62. The van der Waals surface area contributed by atoms with Crippen molar-refractivity contribution in [1.29, 1.82) is 0 Å². The normalized spacial score (nSPS) is 10.0. The molecule has 0 aliphatic carbocycles. The molecule has 7 heteroatoms. The lowest BCUT2D eigenvalue weighted by molar-refractivity contribution is -0.136. The standard InChI is InChI=1S/C18H19FN2O4/c1-3-25-16-9-4-12(10-15(16)19)11-20-17(22)18(23)21-13-5-7-14(24-2)8-6-13/h4-10H,3,11H2,1-2H3,(H,20,22)(H,21,23). The minimum atomic E-state index is -0.815. The van der Waals surface area contributed by atoms with Gasteiger partial charge in [-0.05, 0) is 48.9 Å². The van der Waals surface area contributed by atoms with Gasteiger partial charge in [-0.3, -0.25) is 9.59 Å². The molecule has 25 heavy (non-hydrogen) atoms. The number of methoxy groups -OCH3 is 1. The summed E-state index contributed by atoms with van der Waals surface area (Å²) in [7, 11) is 1.53. The number of anilines is 1. The number of nitrogens with one attached hydrogen (secondary N) is 2. The maximum absolute atomic E-state index is 13.7. The van der Waals surface area contributed by atoms with Gasteiger partial charge in [-0.2, -0.15) is 0 Å². The van der Waals surface area contributed by atoms with Crippen molar-refractivity contribution in [1.82, 2.24) is 5.32 Å². The molecule has 0 bridgehead atoms. The second kappa shape index (κ2) is 8.68. The van der Waals surface area contributed by atoms with Gasteiger partial charge in [0.05, 0.1) is 13.7 Å². The predicted molar refractivity (Wildman–Crippen MR) is 91.0 cm³/mol. The lowest BCUT2D eigenvalue weighted by Gasteiger charge is -2.09. The molecular weight excluding hydrogens is 327 g/mol. The monoisotopic (exact) mass is 346 g/mol. The second-order valence-corrected chi connectivity index (χ2v) is 5.06. The molecule has 132 valence electrons. The van der Waals surface area contributed by atoms with E-state index in [1.807, 2.05) is 0 Å². The van der Waals surface area contributed by atoms with Gasteiger partial charge in [0.25, 0.3) is 0 Å². The molecule has 0 heterocycles. The highest BCUT2D eigenvalue weighted by Gasteiger charge is 2.14. The fourth-order valence-corrected chi connectivity index (χ4v) is 2.05. The van der Waals surface area contributed by atoms with Gasteiger partial charge in [0.1, 0.15) is 5.75 Å². The summed E-state index contributed by atoms with van der Waals surface area (Å²) < 4.78 is 23.9. The molecule has 0 unspecified atom stereocenters. The van der Waals surface area contributed by atoms with Gasteiger partial charge in [-0.1, -0.05) is 6.07 Å². The van der Waals surface area contributed by atoms with Crippen LogP contribution in [0.15, 0.2) is 42.5 Å². The highest BCUT2D eigenvalue weighted by molar-refractivity contribution is 6.39. The summed E-state index contributed by atoms with van der Waals surface area (Å²) in [6.45, 7) is 2.14. The summed E-state index contributed by atoms with van der Waals surface area (Å²) >= 11 is 0. The Hall–Kier alpha value is -3.09. The summed E-state index contributed by atoms with van der Waals surface area (Å²) in [6, 6.07) is 10.9. The van der Waals surface area contributed by atoms with Gasteiger partial charge < -0.3 is 20.1 Å². The summed E-state index contributed by atoms with van der Waals surface area (Å²) in [5, 5.41) is 4.90. The van der Waals surface area contributed by atoms with Gasteiger partial charge in [0.2, 0.25) is 0 Å². The molecule has 6 nitrogen and oxygen atoms in total. The number of hydrogen-bond donors (Lipinski definition) is 2. The molecule has 2 aromatic rings. The maximum atomic E-state index is 13.7. The highest BCUT2D eigenvalue weighted by atomic mass is 19.1. The van der Waals surface area contributed by atoms with Gasteiger partial charge in [0, 0.05) is 12.2 Å². The minimum absolute atomic E-state index is 0.0260. The first-order valence-electron chi connectivity index (χ1n) is 7.68. The summed E-state index contributed by atoms with van der Waals surface area (Å²) in [6.07, 6.45) is 0. The van der Waals surface area contributed by atoms with Crippen LogP contribution in [-0.2, 0) is 16.1 Å². The van der Waals surface area contributed by atoms with Crippen molar-refractivity contribution < 1.29 is 23.5 Å². The number of carbonyl (C=O) groups excluding carboxylic acids is 2. The second-order valence-electron chi connectivity index (χ2n) is 5.06. The first-order valence-corrected chi connectivity index (χ1v) is 7.68. The molecule has 2 rings (SSSR count). The number of halogens is 1. The van der Waals surface area contributed by atoms with E-state index >= 15 is 0 Å². The molecule has 0 radical (unpaired) electrons. The van der Waals surface area contributed by atoms with Crippen molar-refractivity contribution in [2.45, 2.75) is 13.5 Å². The van der Waals surface area contributed by atoms with Crippen molar-refractivity contribution >= 4 is 17.5 Å². The van der Waals surface area contributed by atoms with Crippen LogP contribution in [0.5, 0.6) is 11.5 Å². The van der Waals surface area contributed by atoms with Gasteiger partial charge >= 0.3 is 11.8 Å². The number of hydrogen-bond acceptors (Lipinski definition) is 4. The fraction of sp³-hybridized carbons (Fsp3) is 0.222. The highest BCUT2D eigenvalue weighted by Crippen LogP contribution is 2.18. The van der Waals surface area contributed by atoms with E-state index in [1.54, 1.807) is 37.3 Å². The number of ether oxygens (including phenoxy) is 2. The Labute approximate surface area is 144 Å². The number of amides is 2. The van der Waals surface area contributed by atoms with E-state index in [0.717, 1.165) is 0 Å². The Bertz CT molecular complexity index is 747. The third kappa shape index (κ3) is 5.20. The molecule has 2 amide bonds. The van der Waals surface area contributed by atoms with E-state index in [-0.39, 0.29) is 12.3 Å². The molecule has 2 N–H and O–H groups in total. The van der Waals surface area contributed by atoms with Gasteiger partial charge in [-0.25, -0.2) is 4.39 Å². The molecular formula is C18H19FN2O4. The molecule has 0 spiro atoms. The topological polar surface area (TPSA) is 76.7 Å². The van der Waals surface area contributed by atoms with Crippen LogP contribution in [0.4, 0.5) is 10.1 Å². The van der Waals surface area contributed by atoms with Crippen molar-refractivity contribution in [2.75, 3.05) is 19.0 Å². The lowest BCUT2D eigenvalue weighted by atomic mass is 10.2. The quantitative estimate of drug-likeness (QED) is 0.788. The number of benzene rings is 2. The van der Waals surface area contributed by atoms with E-state index < -0.39 is 17.6 Å². The van der Waals surface area contributed by atoms with Crippen LogP contribution < -0.4 is 20.1 Å². The number of carbonyl (C=O) groups is 2. The SMILES string of the molecule is CCOc1ccc(CNC(=O)C(=O)Nc2ccc(OC)cc2)cc1F. The van der Waals surface area contributed by atoms with Crippen LogP contribution >= 0.6 is 0 Å². The molecule has 0 aliphatic heterocycles. The maximum Gasteiger partial charge on any atom is 0.313 e. The van der Waals surface area contributed by atoms with Crippen LogP contribution in [0.1, 0.15) is 12.5 Å². The molecule has 0 fully saturated rings. The molecule has 0 saturated heterocycles. The van der Waals surface area contributed by atoms with E-state index in [1.165, 1.54) is 19.2 Å². The van der Waals surface area contributed by atoms with E-state index in [0.29, 0.717) is 23.6 Å². The Morgan fingerprint density at radius 3 is 2.40 bits per heavy atom. The van der Waals surface area contributed by atoms with Crippen molar-refractivity contribution in [3.8, 4) is 11.5 Å².